The van der Waals surface area contributed by atoms with E-state index in [0.29, 0.717) is 0 Å². The highest BCUT2D eigenvalue weighted by atomic mass is 79.9. The van der Waals surface area contributed by atoms with Crippen LogP contribution in [0.5, 0.6) is 0 Å². The van der Waals surface area contributed by atoms with Crippen molar-refractivity contribution in [2.45, 2.75) is 11.8 Å². The lowest BCUT2D eigenvalue weighted by Gasteiger charge is -2.09. The fourth-order valence-corrected chi connectivity index (χ4v) is 2.20. The van der Waals surface area contributed by atoms with E-state index in [2.05, 4.69) is 20.9 Å². The van der Waals surface area contributed by atoms with E-state index in [0.717, 1.165) is 16.7 Å². The highest BCUT2D eigenvalue weighted by molar-refractivity contribution is 9.09. The van der Waals surface area contributed by atoms with Gasteiger partial charge in [0.25, 0.3) is 0 Å². The van der Waals surface area contributed by atoms with Crippen LogP contribution in [0.1, 0.15) is 26.3 Å². The minimum absolute atomic E-state index is 0.0694. The summed E-state index contributed by atoms with van der Waals surface area (Å²) >= 11 is 3.44. The zero-order valence-electron chi connectivity index (χ0n) is 9.43. The van der Waals surface area contributed by atoms with Gasteiger partial charge in [0.05, 0.1) is 0 Å². The van der Waals surface area contributed by atoms with Gasteiger partial charge in [0.15, 0.2) is 5.78 Å². The highest BCUT2D eigenvalue weighted by Crippen LogP contribution is 2.26. The van der Waals surface area contributed by atoms with Crippen LogP contribution < -0.4 is 0 Å². The van der Waals surface area contributed by atoms with Crippen LogP contribution >= 0.6 is 15.9 Å². The lowest BCUT2D eigenvalue weighted by molar-refractivity contribution is 0.0991. The van der Waals surface area contributed by atoms with Crippen molar-refractivity contribution in [3.05, 3.63) is 65.5 Å². The molecule has 0 fully saturated rings. The quantitative estimate of drug-likeness (QED) is 0.637. The van der Waals surface area contributed by atoms with E-state index in [9.17, 15) is 4.79 Å². The van der Waals surface area contributed by atoms with Crippen LogP contribution in [-0.2, 0) is 0 Å². The lowest BCUT2D eigenvalue weighted by Crippen LogP contribution is -2.07. The number of aromatic nitrogens is 1. The van der Waals surface area contributed by atoms with Crippen molar-refractivity contribution in [2.24, 2.45) is 0 Å². The number of pyridine rings is 1. The molecule has 1 heterocycles. The van der Waals surface area contributed by atoms with Gasteiger partial charge < -0.3 is 0 Å². The summed E-state index contributed by atoms with van der Waals surface area (Å²) in [6, 6.07) is 11.3. The van der Waals surface area contributed by atoms with Crippen molar-refractivity contribution < 1.29 is 4.79 Å². The molecule has 0 saturated carbocycles. The second kappa shape index (κ2) is 5.23. The third-order valence-electron chi connectivity index (χ3n) is 2.53. The number of hydrogen-bond acceptors (Lipinski definition) is 2. The molecule has 2 nitrogen and oxygen atoms in total. The minimum atomic E-state index is -0.313. The van der Waals surface area contributed by atoms with Crippen molar-refractivity contribution in [1.82, 2.24) is 4.98 Å². The van der Waals surface area contributed by atoms with E-state index in [4.69, 9.17) is 0 Å². The highest BCUT2D eigenvalue weighted by Gasteiger charge is 2.18. The van der Waals surface area contributed by atoms with Gasteiger partial charge in [-0.2, -0.15) is 0 Å². The Hall–Kier alpha value is -1.48. The van der Waals surface area contributed by atoms with Crippen LogP contribution in [0.25, 0.3) is 0 Å². The number of nitrogens with zero attached hydrogens (tertiary/aromatic N) is 1. The van der Waals surface area contributed by atoms with E-state index in [1.54, 1.807) is 12.4 Å². The number of alkyl halides is 1. The molecule has 1 unspecified atom stereocenters. The van der Waals surface area contributed by atoms with Crippen molar-refractivity contribution >= 4 is 21.7 Å². The monoisotopic (exact) mass is 289 g/mol. The predicted octanol–water partition coefficient (Wildman–Crippen LogP) is 3.71. The average molecular weight is 290 g/mol. The first-order chi connectivity index (χ1) is 8.18. The van der Waals surface area contributed by atoms with Crippen LogP contribution in [0, 0.1) is 6.92 Å². The fourth-order valence-electron chi connectivity index (χ4n) is 1.63. The Morgan fingerprint density at radius 1 is 1.24 bits per heavy atom. The topological polar surface area (TPSA) is 30.0 Å². The van der Waals surface area contributed by atoms with Gasteiger partial charge in [-0.1, -0.05) is 39.7 Å². The molecule has 2 rings (SSSR count). The molecule has 1 atom stereocenters. The number of benzene rings is 1. The Balaban J connectivity index is 2.27. The first-order valence-corrected chi connectivity index (χ1v) is 6.25. The maximum atomic E-state index is 12.2. The Morgan fingerprint density at radius 3 is 2.59 bits per heavy atom. The summed E-state index contributed by atoms with van der Waals surface area (Å²) in [5.41, 5.74) is 2.74. The zero-order chi connectivity index (χ0) is 12.3. The molecule has 86 valence electrons. The molecule has 17 heavy (non-hydrogen) atoms. The molecule has 0 spiro atoms. The summed E-state index contributed by atoms with van der Waals surface area (Å²) in [6.07, 6.45) is 3.38. The largest absolute Gasteiger partial charge is 0.293 e. The first-order valence-electron chi connectivity index (χ1n) is 5.33. The summed E-state index contributed by atoms with van der Waals surface area (Å²) in [6.45, 7) is 1.98. The Morgan fingerprint density at radius 2 is 1.94 bits per heavy atom. The van der Waals surface area contributed by atoms with Gasteiger partial charge in [-0.15, -0.1) is 0 Å². The van der Waals surface area contributed by atoms with E-state index >= 15 is 0 Å². The van der Waals surface area contributed by atoms with E-state index in [1.807, 2.05) is 43.3 Å². The molecule has 1 aromatic carbocycles. The van der Waals surface area contributed by atoms with Crippen molar-refractivity contribution in [1.29, 1.82) is 0 Å². The maximum absolute atomic E-state index is 12.2. The first kappa shape index (κ1) is 12.0. The van der Waals surface area contributed by atoms with Gasteiger partial charge >= 0.3 is 0 Å². The third kappa shape index (κ3) is 2.80. The van der Waals surface area contributed by atoms with Crippen LogP contribution in [0.3, 0.4) is 0 Å². The van der Waals surface area contributed by atoms with Crippen LogP contribution in [0.15, 0.2) is 48.8 Å². The summed E-state index contributed by atoms with van der Waals surface area (Å²) in [5.74, 6) is 0.0694. The number of Topliss-reactive ketones (excluding diaryl/α,β-unsaturated/α-hetero) is 1. The molecule has 0 radical (unpaired) electrons. The molecule has 0 aliphatic rings. The van der Waals surface area contributed by atoms with Gasteiger partial charge in [0, 0.05) is 18.0 Å². The Bertz CT molecular complexity index is 525. The number of hydrogen-bond donors (Lipinski definition) is 0. The molecule has 0 aliphatic heterocycles. The molecule has 3 heteroatoms. The summed E-state index contributed by atoms with van der Waals surface area (Å²) < 4.78 is 0. The number of aryl methyl sites for hydroxylation is 1. The predicted molar refractivity (Wildman–Crippen MR) is 71.4 cm³/mol. The molecule has 0 saturated heterocycles. The number of carbonyl (C=O) groups is 1. The number of rotatable bonds is 3. The number of ketones is 1. The molecule has 0 aliphatic carbocycles. The van der Waals surface area contributed by atoms with Gasteiger partial charge in [0.2, 0.25) is 0 Å². The average Bonchev–Trinajstić information content (AvgIpc) is 2.38. The molecule has 0 N–H and O–H groups in total. The van der Waals surface area contributed by atoms with Crippen molar-refractivity contribution in [3.63, 3.8) is 0 Å². The second-order valence-corrected chi connectivity index (χ2v) is 4.79. The van der Waals surface area contributed by atoms with Gasteiger partial charge in [0.1, 0.15) is 4.83 Å². The molecule has 0 bridgehead atoms. The van der Waals surface area contributed by atoms with Crippen LogP contribution in [-0.4, -0.2) is 10.8 Å². The number of halogens is 1. The van der Waals surface area contributed by atoms with Crippen LogP contribution in [0.4, 0.5) is 0 Å². The van der Waals surface area contributed by atoms with Gasteiger partial charge in [-0.05, 0) is 30.7 Å². The minimum Gasteiger partial charge on any atom is -0.293 e. The molecule has 0 amide bonds. The lowest BCUT2D eigenvalue weighted by atomic mass is 10.0. The van der Waals surface area contributed by atoms with Gasteiger partial charge in [-0.3, -0.25) is 9.78 Å². The van der Waals surface area contributed by atoms with Gasteiger partial charge in [-0.25, -0.2) is 0 Å². The summed E-state index contributed by atoms with van der Waals surface area (Å²) in [4.78, 5) is 15.9. The normalized spacial score (nSPS) is 12.1. The molecule has 1 aromatic heterocycles. The number of carbonyl (C=O) groups excluding carboxylic acids is 1. The maximum Gasteiger partial charge on any atom is 0.180 e. The third-order valence-corrected chi connectivity index (χ3v) is 3.48. The molecule has 2 aromatic rings. The fraction of sp³-hybridized carbons (Fsp3) is 0.143. The Kier molecular flexibility index (Phi) is 3.69. The molecular formula is C14H12BrNO. The molecular weight excluding hydrogens is 278 g/mol. The Labute approximate surface area is 109 Å². The van der Waals surface area contributed by atoms with Crippen molar-refractivity contribution in [3.8, 4) is 0 Å². The second-order valence-electron chi connectivity index (χ2n) is 3.88. The van der Waals surface area contributed by atoms with E-state index < -0.39 is 0 Å². The van der Waals surface area contributed by atoms with E-state index in [-0.39, 0.29) is 10.6 Å². The summed E-state index contributed by atoms with van der Waals surface area (Å²) in [7, 11) is 0. The standard InChI is InChI=1S/C14H12BrNO/c1-10-3-2-4-12(9-10)14(17)13(15)11-5-7-16-8-6-11/h2-9,13H,1H3. The zero-order valence-corrected chi connectivity index (χ0v) is 11.0. The van der Waals surface area contributed by atoms with E-state index in [1.165, 1.54) is 0 Å². The smallest absolute Gasteiger partial charge is 0.180 e. The van der Waals surface area contributed by atoms with Crippen molar-refractivity contribution in [2.75, 3.05) is 0 Å². The van der Waals surface area contributed by atoms with Crippen LogP contribution in [0.2, 0.25) is 0 Å². The SMILES string of the molecule is Cc1cccc(C(=O)C(Br)c2ccncc2)c1. The summed E-state index contributed by atoms with van der Waals surface area (Å²) in [5, 5.41) is 0.